The smallest absolute Gasteiger partial charge is 0.178 e. The number of piperidine rings is 1. The monoisotopic (exact) mass is 395 g/mol. The second-order valence-corrected chi connectivity index (χ2v) is 8.51. The fourth-order valence-corrected chi connectivity index (χ4v) is 4.87. The first-order valence-corrected chi connectivity index (χ1v) is 11.1. The van der Waals surface area contributed by atoms with E-state index in [4.69, 9.17) is 4.74 Å². The molecule has 152 valence electrons. The molecule has 1 fully saturated rings. The summed E-state index contributed by atoms with van der Waals surface area (Å²) in [6.07, 6.45) is 8.41. The van der Waals surface area contributed by atoms with E-state index < -0.39 is 5.60 Å². The van der Waals surface area contributed by atoms with Crippen LogP contribution >= 0.6 is 0 Å². The van der Waals surface area contributed by atoms with Crippen molar-refractivity contribution in [3.8, 4) is 5.75 Å². The fourth-order valence-electron chi connectivity index (χ4n) is 4.87. The lowest BCUT2D eigenvalue weighted by Gasteiger charge is -2.38. The molecule has 1 saturated heterocycles. The maximum atomic E-state index is 6.94. The molecule has 2 nitrogen and oxygen atoms in total. The molecule has 0 unspecified atom stereocenters. The van der Waals surface area contributed by atoms with Crippen LogP contribution in [-0.4, -0.2) is 13.1 Å². The van der Waals surface area contributed by atoms with Gasteiger partial charge in [0.1, 0.15) is 5.75 Å². The summed E-state index contributed by atoms with van der Waals surface area (Å²) < 4.78 is 6.94. The molecule has 2 aliphatic rings. The van der Waals surface area contributed by atoms with Crippen molar-refractivity contribution in [2.75, 3.05) is 18.0 Å². The number of anilines is 1. The first kappa shape index (κ1) is 19.0. The summed E-state index contributed by atoms with van der Waals surface area (Å²) in [5, 5.41) is 0. The Labute approximate surface area is 179 Å². The summed E-state index contributed by atoms with van der Waals surface area (Å²) in [7, 11) is 0. The van der Waals surface area contributed by atoms with Gasteiger partial charge in [-0.25, -0.2) is 0 Å². The second kappa shape index (κ2) is 7.68. The van der Waals surface area contributed by atoms with Crippen molar-refractivity contribution in [1.82, 2.24) is 0 Å². The highest BCUT2D eigenvalue weighted by molar-refractivity contribution is 5.74. The first-order valence-electron chi connectivity index (χ1n) is 11.1. The van der Waals surface area contributed by atoms with E-state index in [0.717, 1.165) is 30.0 Å². The quantitative estimate of drug-likeness (QED) is 0.493. The van der Waals surface area contributed by atoms with Gasteiger partial charge in [-0.05, 0) is 56.4 Å². The Kier molecular flexibility index (Phi) is 4.86. The number of nitrogens with zero attached hydrogens (tertiary/aromatic N) is 1. The second-order valence-electron chi connectivity index (χ2n) is 8.51. The summed E-state index contributed by atoms with van der Waals surface area (Å²) in [5.41, 5.74) is 6.81. The number of hydrogen-bond donors (Lipinski definition) is 0. The summed E-state index contributed by atoms with van der Waals surface area (Å²) in [5.74, 6) is 1.00. The predicted octanol–water partition coefficient (Wildman–Crippen LogP) is 6.64. The topological polar surface area (TPSA) is 12.5 Å². The van der Waals surface area contributed by atoms with Gasteiger partial charge in [0.15, 0.2) is 5.60 Å². The van der Waals surface area contributed by atoms with E-state index >= 15 is 0 Å². The van der Waals surface area contributed by atoms with Gasteiger partial charge in [0, 0.05) is 35.5 Å². The Morgan fingerprint density at radius 2 is 1.37 bits per heavy atom. The van der Waals surface area contributed by atoms with Crippen LogP contribution in [0.25, 0.3) is 6.08 Å². The minimum atomic E-state index is -0.612. The lowest BCUT2D eigenvalue weighted by atomic mass is 9.83. The predicted molar refractivity (Wildman–Crippen MR) is 125 cm³/mol. The molecule has 3 aromatic rings. The van der Waals surface area contributed by atoms with Gasteiger partial charge in [-0.15, -0.1) is 0 Å². The molecular weight excluding hydrogens is 366 g/mol. The molecule has 0 aromatic heterocycles. The van der Waals surface area contributed by atoms with Crippen LogP contribution in [0, 0.1) is 13.8 Å². The summed E-state index contributed by atoms with van der Waals surface area (Å²) in [6.45, 7) is 6.76. The Balaban J connectivity index is 1.64. The lowest BCUT2D eigenvalue weighted by molar-refractivity contribution is 0.159. The summed E-state index contributed by atoms with van der Waals surface area (Å²) in [6, 6.07) is 23.4. The minimum Gasteiger partial charge on any atom is -0.473 e. The SMILES string of the molecule is Cc1c(N2CCCCC2)cc2c(c1C)OC(c1ccccc1)(c1ccccc1)C=C2. The minimum absolute atomic E-state index is 0.612. The van der Waals surface area contributed by atoms with E-state index in [0.29, 0.717) is 0 Å². The normalized spacial score (nSPS) is 17.3. The van der Waals surface area contributed by atoms with Crippen LogP contribution in [0.3, 0.4) is 0 Å². The third-order valence-electron chi connectivity index (χ3n) is 6.70. The van der Waals surface area contributed by atoms with Gasteiger partial charge in [0.25, 0.3) is 0 Å². The van der Waals surface area contributed by atoms with Crippen LogP contribution in [0.4, 0.5) is 5.69 Å². The molecule has 0 saturated carbocycles. The standard InChI is InChI=1S/C28H29NO/c1-21-22(2)27-23(20-26(21)29-18-10-5-11-19-29)16-17-28(30-27,24-12-6-3-7-13-24)25-14-8-4-9-15-25/h3-4,6-9,12-17,20H,5,10-11,18-19H2,1-2H3. The van der Waals surface area contributed by atoms with E-state index in [9.17, 15) is 0 Å². The van der Waals surface area contributed by atoms with Gasteiger partial charge >= 0.3 is 0 Å². The van der Waals surface area contributed by atoms with Crippen LogP contribution in [0.15, 0.2) is 72.8 Å². The molecule has 2 heteroatoms. The van der Waals surface area contributed by atoms with Gasteiger partial charge in [-0.1, -0.05) is 66.7 Å². The number of ether oxygens (including phenoxy) is 1. The molecule has 5 rings (SSSR count). The molecule has 3 aromatic carbocycles. The zero-order chi connectivity index (χ0) is 20.6. The average Bonchev–Trinajstić information content (AvgIpc) is 2.83. The van der Waals surface area contributed by atoms with Gasteiger partial charge in [0.05, 0.1) is 0 Å². The largest absolute Gasteiger partial charge is 0.473 e. The number of hydrogen-bond acceptors (Lipinski definition) is 2. The zero-order valence-corrected chi connectivity index (χ0v) is 17.9. The molecule has 0 spiro atoms. The van der Waals surface area contributed by atoms with Crippen LogP contribution in [0.1, 0.15) is 47.1 Å². The maximum Gasteiger partial charge on any atom is 0.178 e. The molecule has 0 atom stereocenters. The fraction of sp³-hybridized carbons (Fsp3) is 0.286. The highest BCUT2D eigenvalue weighted by atomic mass is 16.5. The van der Waals surface area contributed by atoms with E-state index in [1.54, 1.807) is 0 Å². The van der Waals surface area contributed by atoms with Crippen molar-refractivity contribution in [2.45, 2.75) is 38.7 Å². The van der Waals surface area contributed by atoms with Crippen LogP contribution < -0.4 is 9.64 Å². The number of benzene rings is 3. The van der Waals surface area contributed by atoms with Crippen LogP contribution in [0.5, 0.6) is 5.75 Å². The Hall–Kier alpha value is -3.00. The van der Waals surface area contributed by atoms with Gasteiger partial charge in [-0.3, -0.25) is 0 Å². The Morgan fingerprint density at radius 1 is 0.767 bits per heavy atom. The highest BCUT2D eigenvalue weighted by Crippen LogP contribution is 2.46. The number of rotatable bonds is 3. The van der Waals surface area contributed by atoms with Crippen molar-refractivity contribution in [2.24, 2.45) is 0 Å². The lowest BCUT2D eigenvalue weighted by Crippen LogP contribution is -2.35. The molecule has 2 aliphatic heterocycles. The summed E-state index contributed by atoms with van der Waals surface area (Å²) in [4.78, 5) is 2.55. The van der Waals surface area contributed by atoms with Crippen molar-refractivity contribution >= 4 is 11.8 Å². The highest BCUT2D eigenvalue weighted by Gasteiger charge is 2.38. The molecule has 0 bridgehead atoms. The van der Waals surface area contributed by atoms with Gasteiger partial charge in [-0.2, -0.15) is 0 Å². The van der Waals surface area contributed by atoms with Crippen molar-refractivity contribution in [1.29, 1.82) is 0 Å². The van der Waals surface area contributed by atoms with E-state index in [-0.39, 0.29) is 0 Å². The molecule has 0 amide bonds. The molecule has 0 radical (unpaired) electrons. The zero-order valence-electron chi connectivity index (χ0n) is 17.9. The van der Waals surface area contributed by atoms with Crippen molar-refractivity contribution in [3.05, 3.63) is 101 Å². The Morgan fingerprint density at radius 3 is 1.97 bits per heavy atom. The molecular formula is C28H29NO. The van der Waals surface area contributed by atoms with Crippen LogP contribution in [0.2, 0.25) is 0 Å². The molecule has 0 N–H and O–H groups in total. The first-order chi connectivity index (χ1) is 14.7. The van der Waals surface area contributed by atoms with Crippen LogP contribution in [-0.2, 0) is 5.60 Å². The van der Waals surface area contributed by atoms with E-state index in [2.05, 4.69) is 97.6 Å². The maximum absolute atomic E-state index is 6.94. The van der Waals surface area contributed by atoms with Crippen molar-refractivity contribution < 1.29 is 4.74 Å². The van der Waals surface area contributed by atoms with Gasteiger partial charge < -0.3 is 9.64 Å². The molecule has 30 heavy (non-hydrogen) atoms. The van der Waals surface area contributed by atoms with Crippen molar-refractivity contribution in [3.63, 3.8) is 0 Å². The Bertz CT molecular complexity index is 1020. The van der Waals surface area contributed by atoms with E-state index in [1.165, 1.54) is 41.6 Å². The number of fused-ring (bicyclic) bond motifs is 1. The third-order valence-corrected chi connectivity index (χ3v) is 6.70. The summed E-state index contributed by atoms with van der Waals surface area (Å²) >= 11 is 0. The van der Waals surface area contributed by atoms with Gasteiger partial charge in [0.2, 0.25) is 0 Å². The molecule has 0 aliphatic carbocycles. The third kappa shape index (κ3) is 3.11. The van der Waals surface area contributed by atoms with E-state index in [1.807, 2.05) is 0 Å². The molecule has 2 heterocycles. The average molecular weight is 396 g/mol.